The highest BCUT2D eigenvalue weighted by molar-refractivity contribution is 5.25. The average molecular weight is 270 g/mol. The van der Waals surface area contributed by atoms with Gasteiger partial charge in [0, 0.05) is 12.5 Å². The van der Waals surface area contributed by atoms with Crippen molar-refractivity contribution in [2.24, 2.45) is 5.92 Å². The summed E-state index contributed by atoms with van der Waals surface area (Å²) in [5.74, 6) is 2.51. The summed E-state index contributed by atoms with van der Waals surface area (Å²) in [4.78, 5) is 4.32. The van der Waals surface area contributed by atoms with E-state index in [0.29, 0.717) is 12.6 Å². The molecule has 3 rings (SSSR count). The average Bonchev–Trinajstić information content (AvgIpc) is 3.19. The zero-order chi connectivity index (χ0) is 13.9. The van der Waals surface area contributed by atoms with Gasteiger partial charge in [-0.15, -0.1) is 0 Å². The first-order valence-electron chi connectivity index (χ1n) is 7.50. The van der Waals surface area contributed by atoms with Gasteiger partial charge in [0.25, 0.3) is 0 Å². The Morgan fingerprint density at radius 1 is 1.30 bits per heavy atom. The monoisotopic (exact) mass is 270 g/mol. The van der Waals surface area contributed by atoms with Gasteiger partial charge in [-0.05, 0) is 31.2 Å². The summed E-state index contributed by atoms with van der Waals surface area (Å²) in [6.45, 7) is 4.91. The van der Waals surface area contributed by atoms with Crippen LogP contribution in [0.5, 0.6) is 0 Å². The van der Waals surface area contributed by atoms with Crippen LogP contribution in [0.4, 0.5) is 0 Å². The molecule has 3 nitrogen and oxygen atoms in total. The Labute approximate surface area is 120 Å². The van der Waals surface area contributed by atoms with E-state index in [2.05, 4.69) is 48.4 Å². The standard InChI is InChI=1S/C17H22N2O/c1-3-15-10-18-16(20-15)11-19-17(14-8-9-14)13-6-4-12(2)5-7-13/h4-7,10,14,17,19H,3,8-9,11H2,1-2H3. The maximum Gasteiger partial charge on any atom is 0.208 e. The van der Waals surface area contributed by atoms with E-state index < -0.39 is 0 Å². The summed E-state index contributed by atoms with van der Waals surface area (Å²) >= 11 is 0. The van der Waals surface area contributed by atoms with E-state index in [9.17, 15) is 0 Å². The number of hydrogen-bond acceptors (Lipinski definition) is 3. The molecule has 1 aromatic heterocycles. The molecule has 1 atom stereocenters. The predicted octanol–water partition coefficient (Wildman–Crippen LogP) is 3.79. The Kier molecular flexibility index (Phi) is 3.88. The third-order valence-corrected chi connectivity index (χ3v) is 3.95. The quantitative estimate of drug-likeness (QED) is 0.868. The Hall–Kier alpha value is -1.61. The van der Waals surface area contributed by atoms with Crippen LogP contribution in [0, 0.1) is 12.8 Å². The van der Waals surface area contributed by atoms with Crippen molar-refractivity contribution in [1.82, 2.24) is 10.3 Å². The molecule has 1 saturated carbocycles. The maximum absolute atomic E-state index is 5.66. The van der Waals surface area contributed by atoms with Crippen LogP contribution < -0.4 is 5.32 Å². The minimum absolute atomic E-state index is 0.424. The molecule has 0 bridgehead atoms. The fraction of sp³-hybridized carbons (Fsp3) is 0.471. The number of oxazole rings is 1. The minimum atomic E-state index is 0.424. The van der Waals surface area contributed by atoms with E-state index in [1.54, 1.807) is 0 Å². The van der Waals surface area contributed by atoms with Crippen molar-refractivity contribution in [3.8, 4) is 0 Å². The molecule has 3 heteroatoms. The molecule has 2 aromatic rings. The van der Waals surface area contributed by atoms with Crippen molar-refractivity contribution in [3.05, 3.63) is 53.2 Å². The van der Waals surface area contributed by atoms with Gasteiger partial charge < -0.3 is 9.73 Å². The topological polar surface area (TPSA) is 38.1 Å². The Balaban J connectivity index is 1.67. The summed E-state index contributed by atoms with van der Waals surface area (Å²) in [6.07, 6.45) is 5.36. The summed E-state index contributed by atoms with van der Waals surface area (Å²) < 4.78 is 5.66. The Morgan fingerprint density at radius 2 is 2.05 bits per heavy atom. The molecule has 1 unspecified atom stereocenters. The third-order valence-electron chi connectivity index (χ3n) is 3.95. The van der Waals surface area contributed by atoms with E-state index in [0.717, 1.165) is 24.0 Å². The van der Waals surface area contributed by atoms with Gasteiger partial charge in [0.1, 0.15) is 5.76 Å². The van der Waals surface area contributed by atoms with Gasteiger partial charge >= 0.3 is 0 Å². The fourth-order valence-electron chi connectivity index (χ4n) is 2.55. The number of nitrogens with zero attached hydrogens (tertiary/aromatic N) is 1. The largest absolute Gasteiger partial charge is 0.444 e. The first-order chi connectivity index (χ1) is 9.76. The van der Waals surface area contributed by atoms with E-state index >= 15 is 0 Å². The molecule has 0 radical (unpaired) electrons. The lowest BCUT2D eigenvalue weighted by molar-refractivity contribution is 0.402. The smallest absolute Gasteiger partial charge is 0.208 e. The maximum atomic E-state index is 5.66. The number of rotatable bonds is 6. The first-order valence-corrected chi connectivity index (χ1v) is 7.50. The summed E-state index contributed by atoms with van der Waals surface area (Å²) in [6, 6.07) is 9.27. The summed E-state index contributed by atoms with van der Waals surface area (Å²) in [5, 5.41) is 3.61. The molecule has 1 fully saturated rings. The van der Waals surface area contributed by atoms with Crippen molar-refractivity contribution in [2.75, 3.05) is 0 Å². The van der Waals surface area contributed by atoms with Crippen LogP contribution in [-0.4, -0.2) is 4.98 Å². The van der Waals surface area contributed by atoms with E-state index in [-0.39, 0.29) is 0 Å². The van der Waals surface area contributed by atoms with Crippen LogP contribution in [0.3, 0.4) is 0 Å². The zero-order valence-electron chi connectivity index (χ0n) is 12.2. The van der Waals surface area contributed by atoms with Crippen LogP contribution >= 0.6 is 0 Å². The van der Waals surface area contributed by atoms with Gasteiger partial charge in [-0.25, -0.2) is 4.98 Å². The highest BCUT2D eigenvalue weighted by atomic mass is 16.4. The van der Waals surface area contributed by atoms with Crippen LogP contribution in [0.25, 0.3) is 0 Å². The lowest BCUT2D eigenvalue weighted by atomic mass is 10.0. The number of hydrogen-bond donors (Lipinski definition) is 1. The number of nitrogens with one attached hydrogen (secondary N) is 1. The molecule has 0 spiro atoms. The van der Waals surface area contributed by atoms with E-state index in [4.69, 9.17) is 4.42 Å². The van der Waals surface area contributed by atoms with Gasteiger partial charge in [-0.2, -0.15) is 0 Å². The molecule has 20 heavy (non-hydrogen) atoms. The van der Waals surface area contributed by atoms with Crippen LogP contribution in [0.1, 0.15) is 48.6 Å². The molecular weight excluding hydrogens is 248 g/mol. The van der Waals surface area contributed by atoms with Gasteiger partial charge in [0.05, 0.1) is 12.7 Å². The number of benzene rings is 1. The van der Waals surface area contributed by atoms with E-state index in [1.165, 1.54) is 24.0 Å². The molecule has 1 aromatic carbocycles. The van der Waals surface area contributed by atoms with Crippen LogP contribution in [-0.2, 0) is 13.0 Å². The highest BCUT2D eigenvalue weighted by Crippen LogP contribution is 2.41. The normalized spacial score (nSPS) is 16.3. The van der Waals surface area contributed by atoms with Gasteiger partial charge in [-0.1, -0.05) is 36.8 Å². The van der Waals surface area contributed by atoms with Gasteiger partial charge in [0.15, 0.2) is 0 Å². The van der Waals surface area contributed by atoms with Crippen LogP contribution in [0.15, 0.2) is 34.9 Å². The second-order valence-corrected chi connectivity index (χ2v) is 5.68. The Bertz CT molecular complexity index is 555. The molecule has 1 N–H and O–H groups in total. The SMILES string of the molecule is CCc1cnc(CNC(c2ccc(C)cc2)C2CC2)o1. The number of aryl methyl sites for hydroxylation is 2. The lowest BCUT2D eigenvalue weighted by Crippen LogP contribution is -2.22. The van der Waals surface area contributed by atoms with Gasteiger partial charge in [-0.3, -0.25) is 0 Å². The lowest BCUT2D eigenvalue weighted by Gasteiger charge is -2.18. The number of aromatic nitrogens is 1. The van der Waals surface area contributed by atoms with Crippen molar-refractivity contribution >= 4 is 0 Å². The second-order valence-electron chi connectivity index (χ2n) is 5.68. The van der Waals surface area contributed by atoms with Crippen molar-refractivity contribution in [3.63, 3.8) is 0 Å². The zero-order valence-corrected chi connectivity index (χ0v) is 12.2. The molecule has 106 valence electrons. The van der Waals surface area contributed by atoms with Crippen molar-refractivity contribution in [1.29, 1.82) is 0 Å². The highest BCUT2D eigenvalue weighted by Gasteiger charge is 2.32. The molecule has 0 amide bonds. The molecule has 1 heterocycles. The predicted molar refractivity (Wildman–Crippen MR) is 79.4 cm³/mol. The third kappa shape index (κ3) is 3.10. The molecule has 0 aliphatic heterocycles. The summed E-state index contributed by atoms with van der Waals surface area (Å²) in [5.41, 5.74) is 2.68. The van der Waals surface area contributed by atoms with E-state index in [1.807, 2.05) is 6.20 Å². The molecule has 0 saturated heterocycles. The fourth-order valence-corrected chi connectivity index (χ4v) is 2.55. The second kappa shape index (κ2) is 5.80. The molecule has 1 aliphatic carbocycles. The molecular formula is C17H22N2O. The van der Waals surface area contributed by atoms with Crippen LogP contribution in [0.2, 0.25) is 0 Å². The minimum Gasteiger partial charge on any atom is -0.444 e. The van der Waals surface area contributed by atoms with Crippen molar-refractivity contribution < 1.29 is 4.42 Å². The first kappa shape index (κ1) is 13.4. The molecule has 1 aliphatic rings. The Morgan fingerprint density at radius 3 is 2.65 bits per heavy atom. The van der Waals surface area contributed by atoms with Crippen molar-refractivity contribution in [2.45, 2.75) is 45.7 Å². The van der Waals surface area contributed by atoms with Gasteiger partial charge in [0.2, 0.25) is 5.89 Å². The summed E-state index contributed by atoms with van der Waals surface area (Å²) in [7, 11) is 0.